The lowest BCUT2D eigenvalue weighted by Gasteiger charge is -2.13. The average molecular weight is 408 g/mol. The van der Waals surface area contributed by atoms with Crippen LogP contribution in [-0.2, 0) is 6.42 Å². The number of benzene rings is 2. The minimum Gasteiger partial charge on any atom is -0.494 e. The summed E-state index contributed by atoms with van der Waals surface area (Å²) in [5.41, 5.74) is 1.21. The van der Waals surface area contributed by atoms with E-state index < -0.39 is 0 Å². The first-order chi connectivity index (χ1) is 14.5. The van der Waals surface area contributed by atoms with Gasteiger partial charge in [0.2, 0.25) is 0 Å². The Hall–Kier alpha value is -3.15. The lowest BCUT2D eigenvalue weighted by Crippen LogP contribution is -2.32. The molecule has 2 aromatic carbocycles. The Morgan fingerprint density at radius 2 is 1.80 bits per heavy atom. The number of unbranched alkanes of at least 4 members (excludes halogenated alkanes) is 1. The van der Waals surface area contributed by atoms with Crippen molar-refractivity contribution in [3.05, 3.63) is 70.1 Å². The maximum atomic E-state index is 12.8. The van der Waals surface area contributed by atoms with Crippen LogP contribution in [0.4, 0.5) is 0 Å². The van der Waals surface area contributed by atoms with Crippen LogP contribution in [0.1, 0.15) is 55.7 Å². The van der Waals surface area contributed by atoms with E-state index in [0.29, 0.717) is 23.7 Å². The summed E-state index contributed by atoms with van der Waals surface area (Å²) in [4.78, 5) is 25.4. The standard InChI is InChI=1S/C24H29N3O3/c1-4-5-16-30-19-12-10-18(11-13-19)14-15-25-23(28)22-20-8-6-7-9-21(20)24(29)27(26-22)17(2)3/h6-13,17H,4-5,14-16H2,1-3H3,(H,25,28). The summed E-state index contributed by atoms with van der Waals surface area (Å²) in [5.74, 6) is 0.586. The van der Waals surface area contributed by atoms with Crippen LogP contribution in [0.15, 0.2) is 53.3 Å². The van der Waals surface area contributed by atoms with Crippen LogP contribution >= 0.6 is 0 Å². The van der Waals surface area contributed by atoms with Crippen LogP contribution in [0.25, 0.3) is 10.8 Å². The van der Waals surface area contributed by atoms with Gasteiger partial charge in [0.15, 0.2) is 5.69 Å². The van der Waals surface area contributed by atoms with Gasteiger partial charge in [0.25, 0.3) is 11.5 Å². The third-order valence-electron chi connectivity index (χ3n) is 4.92. The third kappa shape index (κ3) is 5.06. The highest BCUT2D eigenvalue weighted by molar-refractivity contribution is 6.04. The lowest BCUT2D eigenvalue weighted by atomic mass is 10.1. The molecule has 1 heterocycles. The van der Waals surface area contributed by atoms with Crippen molar-refractivity contribution in [2.75, 3.05) is 13.2 Å². The van der Waals surface area contributed by atoms with Gasteiger partial charge in [-0.2, -0.15) is 5.10 Å². The summed E-state index contributed by atoms with van der Waals surface area (Å²) in [6.45, 7) is 7.09. The van der Waals surface area contributed by atoms with Gasteiger partial charge < -0.3 is 10.1 Å². The Balaban J connectivity index is 1.67. The zero-order valence-corrected chi connectivity index (χ0v) is 17.9. The Bertz CT molecular complexity index is 1060. The van der Waals surface area contributed by atoms with Gasteiger partial charge in [0, 0.05) is 11.9 Å². The molecule has 0 saturated heterocycles. The Kier molecular flexibility index (Phi) is 7.22. The number of nitrogens with zero attached hydrogens (tertiary/aromatic N) is 2. The average Bonchev–Trinajstić information content (AvgIpc) is 2.75. The highest BCUT2D eigenvalue weighted by atomic mass is 16.5. The van der Waals surface area contributed by atoms with E-state index in [2.05, 4.69) is 17.3 Å². The molecule has 0 aliphatic carbocycles. The predicted octanol–water partition coefficient (Wildman–Crippen LogP) is 4.13. The number of ether oxygens (including phenoxy) is 1. The van der Waals surface area contributed by atoms with Crippen molar-refractivity contribution in [3.8, 4) is 5.75 Å². The summed E-state index contributed by atoms with van der Waals surface area (Å²) in [6.07, 6.45) is 2.85. The molecule has 0 fully saturated rings. The summed E-state index contributed by atoms with van der Waals surface area (Å²) >= 11 is 0. The van der Waals surface area contributed by atoms with Gasteiger partial charge >= 0.3 is 0 Å². The third-order valence-corrected chi connectivity index (χ3v) is 4.92. The van der Waals surface area contributed by atoms with Crippen molar-refractivity contribution in [2.24, 2.45) is 0 Å². The molecule has 1 aromatic heterocycles. The molecule has 0 spiro atoms. The van der Waals surface area contributed by atoms with Gasteiger partial charge in [-0.1, -0.05) is 43.7 Å². The smallest absolute Gasteiger partial charge is 0.274 e. The van der Waals surface area contributed by atoms with Crippen LogP contribution in [-0.4, -0.2) is 28.8 Å². The summed E-state index contributed by atoms with van der Waals surface area (Å²) in [5, 5.41) is 8.36. The fourth-order valence-electron chi connectivity index (χ4n) is 3.22. The van der Waals surface area contributed by atoms with Crippen molar-refractivity contribution < 1.29 is 9.53 Å². The number of carbonyl (C=O) groups is 1. The molecule has 1 N–H and O–H groups in total. The van der Waals surface area contributed by atoms with E-state index in [9.17, 15) is 9.59 Å². The normalized spacial score (nSPS) is 11.1. The molecule has 6 nitrogen and oxygen atoms in total. The molecule has 0 unspecified atom stereocenters. The van der Waals surface area contributed by atoms with E-state index in [1.165, 1.54) is 4.68 Å². The topological polar surface area (TPSA) is 73.2 Å². The van der Waals surface area contributed by atoms with Gasteiger partial charge in [-0.05, 0) is 50.5 Å². The number of rotatable bonds is 9. The SMILES string of the molecule is CCCCOc1ccc(CCNC(=O)c2nn(C(C)C)c(=O)c3ccccc23)cc1. The monoisotopic (exact) mass is 407 g/mol. The van der Waals surface area contributed by atoms with Gasteiger partial charge in [-0.3, -0.25) is 9.59 Å². The summed E-state index contributed by atoms with van der Waals surface area (Å²) in [7, 11) is 0. The molecule has 30 heavy (non-hydrogen) atoms. The molecule has 0 radical (unpaired) electrons. The minimum atomic E-state index is -0.278. The van der Waals surface area contributed by atoms with E-state index in [1.54, 1.807) is 18.2 Å². The molecule has 6 heteroatoms. The highest BCUT2D eigenvalue weighted by Crippen LogP contribution is 2.15. The second kappa shape index (κ2) is 10.1. The Morgan fingerprint density at radius 3 is 2.47 bits per heavy atom. The minimum absolute atomic E-state index is 0.133. The molecule has 1 amide bonds. The van der Waals surface area contributed by atoms with Gasteiger partial charge in [-0.15, -0.1) is 0 Å². The first-order valence-corrected chi connectivity index (χ1v) is 10.5. The number of aromatic nitrogens is 2. The van der Waals surface area contributed by atoms with Gasteiger partial charge in [0.05, 0.1) is 18.0 Å². The zero-order chi connectivity index (χ0) is 21.5. The van der Waals surface area contributed by atoms with E-state index >= 15 is 0 Å². The van der Waals surface area contributed by atoms with E-state index in [0.717, 1.165) is 30.8 Å². The Labute approximate surface area is 176 Å². The van der Waals surface area contributed by atoms with Crippen molar-refractivity contribution in [1.29, 1.82) is 0 Å². The van der Waals surface area contributed by atoms with E-state index in [4.69, 9.17) is 4.74 Å². The number of amides is 1. The second-order valence-corrected chi connectivity index (χ2v) is 7.59. The van der Waals surface area contributed by atoms with Crippen LogP contribution in [0.5, 0.6) is 5.75 Å². The van der Waals surface area contributed by atoms with Crippen LogP contribution in [0, 0.1) is 0 Å². The molecule has 0 aliphatic heterocycles. The predicted molar refractivity (Wildman–Crippen MR) is 119 cm³/mol. The maximum Gasteiger partial charge on any atom is 0.274 e. The van der Waals surface area contributed by atoms with Crippen LogP contribution < -0.4 is 15.6 Å². The Morgan fingerprint density at radius 1 is 1.10 bits per heavy atom. The van der Waals surface area contributed by atoms with Crippen molar-refractivity contribution in [3.63, 3.8) is 0 Å². The number of nitrogens with one attached hydrogen (secondary N) is 1. The summed E-state index contributed by atoms with van der Waals surface area (Å²) in [6, 6.07) is 14.9. The number of carbonyl (C=O) groups excluding carboxylic acids is 1. The quantitative estimate of drug-likeness (QED) is 0.541. The molecule has 0 saturated carbocycles. The molecule has 3 rings (SSSR count). The van der Waals surface area contributed by atoms with E-state index in [-0.39, 0.29) is 23.2 Å². The van der Waals surface area contributed by atoms with Crippen LogP contribution in [0.2, 0.25) is 0 Å². The molecular weight excluding hydrogens is 378 g/mol. The molecule has 3 aromatic rings. The number of hydrogen-bond donors (Lipinski definition) is 1. The highest BCUT2D eigenvalue weighted by Gasteiger charge is 2.17. The van der Waals surface area contributed by atoms with Crippen molar-refractivity contribution in [2.45, 2.75) is 46.1 Å². The largest absolute Gasteiger partial charge is 0.494 e. The molecular formula is C24H29N3O3. The first-order valence-electron chi connectivity index (χ1n) is 10.5. The molecule has 158 valence electrons. The van der Waals surface area contributed by atoms with Gasteiger partial charge in [-0.25, -0.2) is 4.68 Å². The molecule has 0 atom stereocenters. The number of hydrogen-bond acceptors (Lipinski definition) is 4. The van der Waals surface area contributed by atoms with Crippen molar-refractivity contribution in [1.82, 2.24) is 15.1 Å². The molecule has 0 aliphatic rings. The lowest BCUT2D eigenvalue weighted by molar-refractivity contribution is 0.0948. The maximum absolute atomic E-state index is 12.8. The zero-order valence-electron chi connectivity index (χ0n) is 17.9. The van der Waals surface area contributed by atoms with Crippen molar-refractivity contribution >= 4 is 16.7 Å². The summed E-state index contributed by atoms with van der Waals surface area (Å²) < 4.78 is 7.05. The number of fused-ring (bicyclic) bond motifs is 1. The molecule has 0 bridgehead atoms. The fourth-order valence-corrected chi connectivity index (χ4v) is 3.22. The van der Waals surface area contributed by atoms with E-state index in [1.807, 2.05) is 44.2 Å². The fraction of sp³-hybridized carbons (Fsp3) is 0.375. The van der Waals surface area contributed by atoms with Crippen LogP contribution in [0.3, 0.4) is 0 Å². The van der Waals surface area contributed by atoms with Gasteiger partial charge in [0.1, 0.15) is 5.75 Å². The second-order valence-electron chi connectivity index (χ2n) is 7.59. The first kappa shape index (κ1) is 21.6.